The van der Waals surface area contributed by atoms with E-state index in [4.69, 9.17) is 20.1 Å². The van der Waals surface area contributed by atoms with Gasteiger partial charge in [-0.1, -0.05) is 0 Å². The van der Waals surface area contributed by atoms with Gasteiger partial charge in [0.1, 0.15) is 0 Å². The number of aromatic nitrogens is 1. The lowest BCUT2D eigenvalue weighted by molar-refractivity contribution is 0.0521. The molecule has 0 unspecified atom stereocenters. The number of anilines is 1. The van der Waals surface area contributed by atoms with Crippen LogP contribution in [0.2, 0.25) is 0 Å². The highest BCUT2D eigenvalue weighted by atomic mass is 16.5. The third-order valence-corrected chi connectivity index (χ3v) is 2.38. The van der Waals surface area contributed by atoms with Gasteiger partial charge in [-0.2, -0.15) is 10.2 Å². The van der Waals surface area contributed by atoms with Crippen molar-refractivity contribution in [1.82, 2.24) is 4.98 Å². The zero-order valence-electron chi connectivity index (χ0n) is 10.2. The normalized spacial score (nSPS) is 9.89. The van der Waals surface area contributed by atoms with Gasteiger partial charge in [-0.25, -0.2) is 4.79 Å². The molecule has 1 aromatic carbocycles. The molecule has 0 fully saturated rings. The number of hydrogen-bond acceptors (Lipinski definition) is 6. The second kappa shape index (κ2) is 5.23. The van der Waals surface area contributed by atoms with E-state index < -0.39 is 5.97 Å². The maximum absolute atomic E-state index is 11.5. The number of esters is 1. The van der Waals surface area contributed by atoms with Crippen LogP contribution < -0.4 is 5.73 Å². The summed E-state index contributed by atoms with van der Waals surface area (Å²) in [5, 5.41) is 8.71. The van der Waals surface area contributed by atoms with Crippen LogP contribution in [0.25, 0.3) is 11.5 Å². The predicted molar refractivity (Wildman–Crippen MR) is 67.0 cm³/mol. The Balaban J connectivity index is 2.33. The van der Waals surface area contributed by atoms with Gasteiger partial charge in [-0.15, -0.1) is 0 Å². The zero-order valence-corrected chi connectivity index (χ0v) is 10.2. The van der Waals surface area contributed by atoms with E-state index in [-0.39, 0.29) is 24.1 Å². The molecule has 2 aromatic rings. The number of hydrogen-bond donors (Lipinski definition) is 1. The zero-order chi connectivity index (χ0) is 13.8. The van der Waals surface area contributed by atoms with Crippen molar-refractivity contribution in [3.8, 4) is 17.5 Å². The fraction of sp³-hybridized carbons (Fsp3) is 0.154. The van der Waals surface area contributed by atoms with Crippen LogP contribution in [0.15, 0.2) is 28.7 Å². The average molecular weight is 257 g/mol. The predicted octanol–water partition coefficient (Wildman–Crippen LogP) is 1.97. The van der Waals surface area contributed by atoms with E-state index in [2.05, 4.69) is 4.98 Å². The molecule has 6 nitrogen and oxygen atoms in total. The van der Waals surface area contributed by atoms with Crippen LogP contribution >= 0.6 is 0 Å². The maximum Gasteiger partial charge on any atom is 0.362 e. The van der Waals surface area contributed by atoms with Gasteiger partial charge in [0, 0.05) is 5.56 Å². The second-order valence-electron chi connectivity index (χ2n) is 3.64. The highest BCUT2D eigenvalue weighted by Crippen LogP contribution is 2.24. The van der Waals surface area contributed by atoms with E-state index in [1.807, 2.05) is 6.07 Å². The molecule has 0 atom stereocenters. The molecular weight excluding hydrogens is 246 g/mol. The number of nitrogens with zero attached hydrogens (tertiary/aromatic N) is 2. The molecule has 0 radical (unpaired) electrons. The van der Waals surface area contributed by atoms with E-state index in [1.165, 1.54) is 0 Å². The minimum Gasteiger partial charge on any atom is -0.461 e. The van der Waals surface area contributed by atoms with Crippen LogP contribution in [0.5, 0.6) is 0 Å². The number of ether oxygens (including phenoxy) is 1. The molecule has 0 aliphatic heterocycles. The van der Waals surface area contributed by atoms with Crippen LogP contribution in [0, 0.1) is 11.3 Å². The number of carbonyl (C=O) groups is 1. The van der Waals surface area contributed by atoms with E-state index in [0.717, 1.165) is 0 Å². The average Bonchev–Trinajstić information content (AvgIpc) is 2.81. The van der Waals surface area contributed by atoms with Crippen molar-refractivity contribution < 1.29 is 13.9 Å². The molecule has 0 amide bonds. The quantitative estimate of drug-likeness (QED) is 0.843. The molecule has 0 saturated heterocycles. The molecule has 0 spiro atoms. The Morgan fingerprint density at radius 1 is 1.47 bits per heavy atom. The first-order valence-corrected chi connectivity index (χ1v) is 5.59. The van der Waals surface area contributed by atoms with Gasteiger partial charge in [0.15, 0.2) is 0 Å². The monoisotopic (exact) mass is 257 g/mol. The summed E-state index contributed by atoms with van der Waals surface area (Å²) in [6, 6.07) is 8.59. The number of nitrogens with two attached hydrogens (primary N) is 1. The van der Waals surface area contributed by atoms with Crippen LogP contribution in [0.3, 0.4) is 0 Å². The summed E-state index contributed by atoms with van der Waals surface area (Å²) in [6.07, 6.45) is 0. The Morgan fingerprint density at radius 2 is 2.16 bits per heavy atom. The second-order valence-corrected chi connectivity index (χ2v) is 3.64. The Labute approximate surface area is 109 Å². The molecule has 1 heterocycles. The Hall–Kier alpha value is -2.81. The summed E-state index contributed by atoms with van der Waals surface area (Å²) in [6.45, 7) is 1.92. The number of carbonyl (C=O) groups excluding carboxylic acids is 1. The van der Waals surface area contributed by atoms with Crippen molar-refractivity contribution in [2.24, 2.45) is 0 Å². The molecule has 19 heavy (non-hydrogen) atoms. The molecule has 2 rings (SSSR count). The van der Waals surface area contributed by atoms with Gasteiger partial charge in [0.05, 0.1) is 18.2 Å². The summed E-state index contributed by atoms with van der Waals surface area (Å²) < 4.78 is 10.0. The third-order valence-electron chi connectivity index (χ3n) is 2.38. The van der Waals surface area contributed by atoms with E-state index in [1.54, 1.807) is 31.2 Å². The topological polar surface area (TPSA) is 102 Å². The van der Waals surface area contributed by atoms with Crippen molar-refractivity contribution in [3.05, 3.63) is 35.5 Å². The van der Waals surface area contributed by atoms with E-state index >= 15 is 0 Å². The van der Waals surface area contributed by atoms with Crippen LogP contribution in [-0.2, 0) is 4.74 Å². The first-order chi connectivity index (χ1) is 9.15. The smallest absolute Gasteiger partial charge is 0.362 e. The van der Waals surface area contributed by atoms with Gasteiger partial charge in [-0.3, -0.25) is 0 Å². The van der Waals surface area contributed by atoms with Crippen molar-refractivity contribution >= 4 is 11.9 Å². The maximum atomic E-state index is 11.5. The molecular formula is C13H11N3O3. The molecule has 1 aromatic heterocycles. The molecule has 0 bridgehead atoms. The van der Waals surface area contributed by atoms with Crippen LogP contribution in [0.4, 0.5) is 5.88 Å². The van der Waals surface area contributed by atoms with Crippen molar-refractivity contribution in [3.63, 3.8) is 0 Å². The first-order valence-electron chi connectivity index (χ1n) is 5.59. The highest BCUT2D eigenvalue weighted by Gasteiger charge is 2.19. The minimum atomic E-state index is -0.622. The van der Waals surface area contributed by atoms with Crippen LogP contribution in [0.1, 0.15) is 23.0 Å². The molecule has 2 N–H and O–H groups in total. The van der Waals surface area contributed by atoms with Gasteiger partial charge in [0.2, 0.25) is 17.5 Å². The van der Waals surface area contributed by atoms with Gasteiger partial charge < -0.3 is 14.9 Å². The van der Waals surface area contributed by atoms with Gasteiger partial charge >= 0.3 is 5.97 Å². The molecule has 0 aliphatic carbocycles. The van der Waals surface area contributed by atoms with Gasteiger partial charge in [0.25, 0.3) is 0 Å². The number of oxazole rings is 1. The lowest BCUT2D eigenvalue weighted by Gasteiger charge is -1.96. The Kier molecular flexibility index (Phi) is 3.48. The molecule has 6 heteroatoms. The van der Waals surface area contributed by atoms with Gasteiger partial charge in [-0.05, 0) is 31.2 Å². The summed E-state index contributed by atoms with van der Waals surface area (Å²) in [7, 11) is 0. The lowest BCUT2D eigenvalue weighted by Crippen LogP contribution is -2.07. The first kappa shape index (κ1) is 12.6. The number of nitrogen functional groups attached to an aromatic ring is 1. The lowest BCUT2D eigenvalue weighted by atomic mass is 10.1. The summed E-state index contributed by atoms with van der Waals surface area (Å²) in [5.41, 5.74) is 6.69. The molecule has 0 saturated carbocycles. The standard InChI is InChI=1S/C13H11N3O3/c1-2-18-13(17)10-11(15)19-12(16-10)9-5-3-8(7-14)4-6-9/h3-6H,2,15H2,1H3. The Morgan fingerprint density at radius 3 is 2.74 bits per heavy atom. The fourth-order valence-electron chi connectivity index (χ4n) is 1.49. The SMILES string of the molecule is CCOC(=O)c1nc(-c2ccc(C#N)cc2)oc1N. The summed E-state index contributed by atoms with van der Waals surface area (Å²) >= 11 is 0. The van der Waals surface area contributed by atoms with E-state index in [9.17, 15) is 4.79 Å². The molecule has 0 aliphatic rings. The van der Waals surface area contributed by atoms with E-state index in [0.29, 0.717) is 11.1 Å². The summed E-state index contributed by atoms with van der Waals surface area (Å²) in [4.78, 5) is 15.5. The van der Waals surface area contributed by atoms with Crippen molar-refractivity contribution in [2.75, 3.05) is 12.3 Å². The highest BCUT2D eigenvalue weighted by molar-refractivity contribution is 5.92. The largest absolute Gasteiger partial charge is 0.461 e. The number of benzene rings is 1. The summed E-state index contributed by atoms with van der Waals surface area (Å²) in [5.74, 6) is -0.494. The third kappa shape index (κ3) is 2.55. The van der Waals surface area contributed by atoms with Crippen LogP contribution in [-0.4, -0.2) is 17.6 Å². The molecule has 96 valence electrons. The number of nitriles is 1. The Bertz CT molecular complexity index is 638. The van der Waals surface area contributed by atoms with Crippen molar-refractivity contribution in [2.45, 2.75) is 6.92 Å². The van der Waals surface area contributed by atoms with Crippen molar-refractivity contribution in [1.29, 1.82) is 5.26 Å². The fourth-order valence-corrected chi connectivity index (χ4v) is 1.49. The number of rotatable bonds is 3. The minimum absolute atomic E-state index is 0.0405.